The maximum atomic E-state index is 12.8. The van der Waals surface area contributed by atoms with Crippen LogP contribution in [0.15, 0.2) is 29.2 Å². The first-order valence-electron chi connectivity index (χ1n) is 9.13. The first-order chi connectivity index (χ1) is 12.4. The molecule has 2 aliphatic rings. The Bertz CT molecular complexity index is 748. The van der Waals surface area contributed by atoms with Gasteiger partial charge in [0.15, 0.2) is 0 Å². The summed E-state index contributed by atoms with van der Waals surface area (Å²) >= 11 is 6.06. The van der Waals surface area contributed by atoms with Crippen molar-refractivity contribution in [3.05, 3.63) is 29.3 Å². The summed E-state index contributed by atoms with van der Waals surface area (Å²) < 4.78 is 27.0. The van der Waals surface area contributed by atoms with E-state index in [-0.39, 0.29) is 15.8 Å². The van der Waals surface area contributed by atoms with E-state index in [1.807, 2.05) is 9.80 Å². The smallest absolute Gasteiger partial charge is 0.244 e. The molecule has 26 heavy (non-hydrogen) atoms. The number of likely N-dealkylation sites (tertiary alicyclic amines) is 1. The highest BCUT2D eigenvalue weighted by Crippen LogP contribution is 2.25. The van der Waals surface area contributed by atoms with Crippen LogP contribution in [0.4, 0.5) is 0 Å². The Kier molecular flexibility index (Phi) is 6.22. The molecule has 2 heterocycles. The first-order valence-corrected chi connectivity index (χ1v) is 10.9. The number of sulfonamides is 1. The van der Waals surface area contributed by atoms with Gasteiger partial charge in [-0.3, -0.25) is 9.69 Å². The number of carbonyl (C=O) groups is 1. The van der Waals surface area contributed by atoms with E-state index < -0.39 is 10.0 Å². The van der Waals surface area contributed by atoms with Crippen LogP contribution >= 0.6 is 11.6 Å². The van der Waals surface area contributed by atoms with Gasteiger partial charge in [-0.1, -0.05) is 30.7 Å². The molecule has 0 saturated carbocycles. The minimum atomic E-state index is -3.59. The molecule has 1 aromatic carbocycles. The van der Waals surface area contributed by atoms with E-state index in [4.69, 9.17) is 11.6 Å². The lowest BCUT2D eigenvalue weighted by Crippen LogP contribution is -2.52. The van der Waals surface area contributed by atoms with Crippen LogP contribution in [-0.2, 0) is 14.8 Å². The second kappa shape index (κ2) is 8.25. The van der Waals surface area contributed by atoms with Crippen molar-refractivity contribution in [2.24, 2.45) is 5.92 Å². The topological polar surface area (TPSA) is 60.9 Å². The normalized spacial score (nSPS) is 23.2. The molecule has 3 rings (SSSR count). The third-order valence-corrected chi connectivity index (χ3v) is 7.55. The van der Waals surface area contributed by atoms with E-state index in [0.29, 0.717) is 38.6 Å². The summed E-state index contributed by atoms with van der Waals surface area (Å²) in [6, 6.07) is 6.51. The number of carbonyl (C=O) groups excluding carboxylic acids is 1. The van der Waals surface area contributed by atoms with Crippen molar-refractivity contribution in [2.45, 2.75) is 24.7 Å². The second-order valence-electron chi connectivity index (χ2n) is 7.20. The van der Waals surface area contributed by atoms with Crippen molar-refractivity contribution in [1.82, 2.24) is 14.1 Å². The van der Waals surface area contributed by atoms with Gasteiger partial charge >= 0.3 is 0 Å². The lowest BCUT2D eigenvalue weighted by molar-refractivity contribution is -0.134. The summed E-state index contributed by atoms with van der Waals surface area (Å²) in [5.74, 6) is 0.712. The molecule has 1 atom stereocenters. The molecule has 2 saturated heterocycles. The Morgan fingerprint density at radius 2 is 1.85 bits per heavy atom. The summed E-state index contributed by atoms with van der Waals surface area (Å²) in [5, 5.41) is 0.240. The van der Waals surface area contributed by atoms with Crippen LogP contribution in [-0.4, -0.2) is 74.2 Å². The first kappa shape index (κ1) is 19.6. The lowest BCUT2D eigenvalue weighted by Gasteiger charge is -2.36. The van der Waals surface area contributed by atoms with Crippen LogP contribution in [0.25, 0.3) is 0 Å². The van der Waals surface area contributed by atoms with E-state index in [2.05, 4.69) is 6.92 Å². The standard InChI is InChI=1S/C18H26ClN3O3S/c1-15-5-4-8-21(13-15)18(23)14-20-9-11-22(12-10-20)26(24,25)17-7-3-2-6-16(17)19/h2-3,6-7,15H,4-5,8-14H2,1H3/t15-/m0/s1. The molecular weight excluding hydrogens is 374 g/mol. The highest BCUT2D eigenvalue weighted by molar-refractivity contribution is 7.89. The van der Waals surface area contributed by atoms with Gasteiger partial charge in [0, 0.05) is 39.3 Å². The number of piperazine rings is 1. The number of hydrogen-bond acceptors (Lipinski definition) is 4. The van der Waals surface area contributed by atoms with Crippen LogP contribution in [0.2, 0.25) is 5.02 Å². The van der Waals surface area contributed by atoms with Gasteiger partial charge in [-0.05, 0) is 30.9 Å². The van der Waals surface area contributed by atoms with Crippen LogP contribution in [0, 0.1) is 5.92 Å². The third-order valence-electron chi connectivity index (χ3n) is 5.15. The average Bonchev–Trinajstić information content (AvgIpc) is 2.62. The molecular formula is C18H26ClN3O3S. The largest absolute Gasteiger partial charge is 0.341 e. The van der Waals surface area contributed by atoms with E-state index in [1.54, 1.807) is 18.2 Å². The van der Waals surface area contributed by atoms with Crippen molar-refractivity contribution in [3.63, 3.8) is 0 Å². The van der Waals surface area contributed by atoms with E-state index in [0.717, 1.165) is 19.5 Å². The molecule has 8 heteroatoms. The molecule has 0 bridgehead atoms. The summed E-state index contributed by atoms with van der Waals surface area (Å²) in [6.07, 6.45) is 2.25. The lowest BCUT2D eigenvalue weighted by atomic mass is 10.0. The van der Waals surface area contributed by atoms with Crippen molar-refractivity contribution >= 4 is 27.5 Å². The molecule has 6 nitrogen and oxygen atoms in total. The van der Waals surface area contributed by atoms with Crippen LogP contribution in [0.1, 0.15) is 19.8 Å². The van der Waals surface area contributed by atoms with Gasteiger partial charge in [0.1, 0.15) is 4.90 Å². The number of rotatable bonds is 4. The monoisotopic (exact) mass is 399 g/mol. The molecule has 144 valence electrons. The number of hydrogen-bond donors (Lipinski definition) is 0. The molecule has 0 unspecified atom stereocenters. The van der Waals surface area contributed by atoms with Crippen LogP contribution in [0.3, 0.4) is 0 Å². The molecule has 1 amide bonds. The Hall–Kier alpha value is -1.15. The Balaban J connectivity index is 1.56. The molecule has 2 aliphatic heterocycles. The van der Waals surface area contributed by atoms with Crippen LogP contribution < -0.4 is 0 Å². The average molecular weight is 400 g/mol. The van der Waals surface area contributed by atoms with Crippen molar-refractivity contribution in [2.75, 3.05) is 45.8 Å². The Morgan fingerprint density at radius 3 is 2.50 bits per heavy atom. The van der Waals surface area contributed by atoms with Crippen molar-refractivity contribution in [1.29, 1.82) is 0 Å². The second-order valence-corrected chi connectivity index (χ2v) is 9.51. The van der Waals surface area contributed by atoms with Gasteiger partial charge in [-0.2, -0.15) is 4.31 Å². The fourth-order valence-corrected chi connectivity index (χ4v) is 5.54. The fourth-order valence-electron chi connectivity index (χ4n) is 3.63. The van der Waals surface area contributed by atoms with E-state index in [1.165, 1.54) is 16.8 Å². The highest BCUT2D eigenvalue weighted by Gasteiger charge is 2.31. The zero-order valence-corrected chi connectivity index (χ0v) is 16.7. The zero-order chi connectivity index (χ0) is 18.7. The van der Waals surface area contributed by atoms with Crippen molar-refractivity contribution < 1.29 is 13.2 Å². The van der Waals surface area contributed by atoms with E-state index in [9.17, 15) is 13.2 Å². The minimum Gasteiger partial charge on any atom is -0.341 e. The molecule has 1 aromatic rings. The third kappa shape index (κ3) is 4.39. The molecule has 0 aromatic heterocycles. The number of nitrogens with zero attached hydrogens (tertiary/aromatic N) is 3. The molecule has 0 radical (unpaired) electrons. The van der Waals surface area contributed by atoms with Gasteiger partial charge in [0.2, 0.25) is 15.9 Å². The predicted octanol–water partition coefficient (Wildman–Crippen LogP) is 1.90. The maximum Gasteiger partial charge on any atom is 0.244 e. The quantitative estimate of drug-likeness (QED) is 0.775. The van der Waals surface area contributed by atoms with Crippen molar-refractivity contribution in [3.8, 4) is 0 Å². The summed E-state index contributed by atoms with van der Waals surface area (Å²) in [4.78, 5) is 16.6. The SMILES string of the molecule is C[C@H]1CCCN(C(=O)CN2CCN(S(=O)(=O)c3ccccc3Cl)CC2)C1. The number of piperidine rings is 1. The zero-order valence-electron chi connectivity index (χ0n) is 15.1. The highest BCUT2D eigenvalue weighted by atomic mass is 35.5. The molecule has 0 aliphatic carbocycles. The number of amides is 1. The summed E-state index contributed by atoms with van der Waals surface area (Å²) in [7, 11) is -3.59. The van der Waals surface area contributed by atoms with Gasteiger partial charge < -0.3 is 4.90 Å². The molecule has 0 spiro atoms. The Morgan fingerprint density at radius 1 is 1.15 bits per heavy atom. The number of halogens is 1. The van der Waals surface area contributed by atoms with Gasteiger partial charge in [0.05, 0.1) is 11.6 Å². The molecule has 0 N–H and O–H groups in total. The van der Waals surface area contributed by atoms with Crippen LogP contribution in [0.5, 0.6) is 0 Å². The summed E-state index contributed by atoms with van der Waals surface area (Å²) in [6.45, 7) is 6.07. The summed E-state index contributed by atoms with van der Waals surface area (Å²) in [5.41, 5.74) is 0. The number of benzene rings is 1. The Labute approximate surface area is 160 Å². The predicted molar refractivity (Wildman–Crippen MR) is 102 cm³/mol. The van der Waals surface area contributed by atoms with E-state index >= 15 is 0 Å². The van der Waals surface area contributed by atoms with Gasteiger partial charge in [0.25, 0.3) is 0 Å². The fraction of sp³-hybridized carbons (Fsp3) is 0.611. The van der Waals surface area contributed by atoms with Gasteiger partial charge in [-0.15, -0.1) is 0 Å². The minimum absolute atomic E-state index is 0.147. The maximum absolute atomic E-state index is 12.8. The van der Waals surface area contributed by atoms with Gasteiger partial charge in [-0.25, -0.2) is 8.42 Å². The molecule has 2 fully saturated rings.